The standard InChI is InChI=1S/C20H21F3N6O2/c1-12-13(2)28-29(14(12)3)18-8-7-17(26-27-18)24-9-10-25-19(30)15-5-4-6-16(11-15)31-20(21,22)23/h4-8,11H,9-10H2,1-3H3,(H,24,26)(H,25,30). The Morgan fingerprint density at radius 3 is 2.48 bits per heavy atom. The van der Waals surface area contributed by atoms with Gasteiger partial charge in [-0.05, 0) is 56.7 Å². The number of amides is 1. The van der Waals surface area contributed by atoms with Crippen molar-refractivity contribution in [2.45, 2.75) is 27.1 Å². The molecule has 0 spiro atoms. The summed E-state index contributed by atoms with van der Waals surface area (Å²) in [5.41, 5.74) is 3.06. The van der Waals surface area contributed by atoms with Crippen molar-refractivity contribution in [1.29, 1.82) is 0 Å². The summed E-state index contributed by atoms with van der Waals surface area (Å²) in [6.07, 6.45) is -4.82. The van der Waals surface area contributed by atoms with E-state index in [1.165, 1.54) is 12.1 Å². The van der Waals surface area contributed by atoms with Crippen molar-refractivity contribution >= 4 is 11.7 Å². The van der Waals surface area contributed by atoms with Crippen LogP contribution in [0.5, 0.6) is 5.75 Å². The maximum atomic E-state index is 12.3. The smallest absolute Gasteiger partial charge is 0.406 e. The third-order valence-electron chi connectivity index (χ3n) is 4.57. The number of alkyl halides is 3. The average Bonchev–Trinajstić information content (AvgIpc) is 2.98. The number of carbonyl (C=O) groups excluding carboxylic acids is 1. The third kappa shape index (κ3) is 5.71. The van der Waals surface area contributed by atoms with Gasteiger partial charge in [0.25, 0.3) is 5.91 Å². The van der Waals surface area contributed by atoms with Gasteiger partial charge in [-0.25, -0.2) is 4.68 Å². The minimum Gasteiger partial charge on any atom is -0.406 e. The van der Waals surface area contributed by atoms with E-state index in [0.29, 0.717) is 18.2 Å². The van der Waals surface area contributed by atoms with Crippen LogP contribution >= 0.6 is 0 Å². The highest BCUT2D eigenvalue weighted by atomic mass is 19.4. The summed E-state index contributed by atoms with van der Waals surface area (Å²) in [7, 11) is 0. The molecule has 11 heteroatoms. The molecular weight excluding hydrogens is 413 g/mol. The molecule has 2 N–H and O–H groups in total. The second kappa shape index (κ2) is 9.02. The maximum Gasteiger partial charge on any atom is 0.573 e. The molecule has 0 atom stereocenters. The van der Waals surface area contributed by atoms with E-state index >= 15 is 0 Å². The van der Waals surface area contributed by atoms with Crippen LogP contribution in [0, 0.1) is 20.8 Å². The molecule has 2 heterocycles. The van der Waals surface area contributed by atoms with E-state index in [9.17, 15) is 18.0 Å². The lowest BCUT2D eigenvalue weighted by molar-refractivity contribution is -0.274. The Morgan fingerprint density at radius 1 is 1.10 bits per heavy atom. The lowest BCUT2D eigenvalue weighted by atomic mass is 10.2. The number of rotatable bonds is 7. The van der Waals surface area contributed by atoms with Gasteiger partial charge < -0.3 is 15.4 Å². The van der Waals surface area contributed by atoms with E-state index < -0.39 is 18.0 Å². The monoisotopic (exact) mass is 434 g/mol. The van der Waals surface area contributed by atoms with Crippen LogP contribution in [0.25, 0.3) is 5.82 Å². The number of benzene rings is 1. The van der Waals surface area contributed by atoms with Crippen LogP contribution in [0.15, 0.2) is 36.4 Å². The molecule has 1 aromatic carbocycles. The van der Waals surface area contributed by atoms with Gasteiger partial charge in [-0.3, -0.25) is 4.79 Å². The van der Waals surface area contributed by atoms with Crippen LogP contribution in [0.4, 0.5) is 19.0 Å². The Morgan fingerprint density at radius 2 is 1.87 bits per heavy atom. The van der Waals surface area contributed by atoms with Gasteiger partial charge in [0.2, 0.25) is 0 Å². The van der Waals surface area contributed by atoms with Gasteiger partial charge in [0.1, 0.15) is 11.6 Å². The Labute approximate surface area is 176 Å². The normalized spacial score (nSPS) is 11.3. The fraction of sp³-hybridized carbons (Fsp3) is 0.300. The summed E-state index contributed by atoms with van der Waals surface area (Å²) in [6.45, 7) is 6.44. The first kappa shape index (κ1) is 22.1. The Bertz CT molecular complexity index is 1060. The topological polar surface area (TPSA) is 94.0 Å². The van der Waals surface area contributed by atoms with Gasteiger partial charge in [0.15, 0.2) is 5.82 Å². The van der Waals surface area contributed by atoms with Crippen molar-refractivity contribution in [3.8, 4) is 11.6 Å². The van der Waals surface area contributed by atoms with E-state index in [1.807, 2.05) is 20.8 Å². The number of hydrogen-bond acceptors (Lipinski definition) is 6. The van der Waals surface area contributed by atoms with Crippen LogP contribution in [0.1, 0.15) is 27.3 Å². The molecular formula is C20H21F3N6O2. The van der Waals surface area contributed by atoms with E-state index in [4.69, 9.17) is 0 Å². The van der Waals surface area contributed by atoms with Crippen molar-refractivity contribution < 1.29 is 22.7 Å². The summed E-state index contributed by atoms with van der Waals surface area (Å²) in [4.78, 5) is 12.1. The summed E-state index contributed by atoms with van der Waals surface area (Å²) in [6, 6.07) is 8.39. The Balaban J connectivity index is 1.50. The first-order chi connectivity index (χ1) is 14.6. The molecule has 8 nitrogen and oxygen atoms in total. The molecule has 0 aliphatic carbocycles. The lowest BCUT2D eigenvalue weighted by Gasteiger charge is -2.11. The molecule has 164 valence electrons. The number of hydrogen-bond donors (Lipinski definition) is 2. The molecule has 0 saturated heterocycles. The van der Waals surface area contributed by atoms with E-state index in [0.717, 1.165) is 29.1 Å². The lowest BCUT2D eigenvalue weighted by Crippen LogP contribution is -2.29. The van der Waals surface area contributed by atoms with E-state index in [-0.39, 0.29) is 12.1 Å². The molecule has 0 unspecified atom stereocenters. The zero-order chi connectivity index (χ0) is 22.6. The molecule has 3 aromatic rings. The van der Waals surface area contributed by atoms with Crippen molar-refractivity contribution in [1.82, 2.24) is 25.3 Å². The second-order valence-electron chi connectivity index (χ2n) is 6.74. The minimum atomic E-state index is -4.82. The predicted octanol–water partition coefficient (Wildman–Crippen LogP) is 3.33. The highest BCUT2D eigenvalue weighted by Crippen LogP contribution is 2.23. The zero-order valence-corrected chi connectivity index (χ0v) is 17.1. The minimum absolute atomic E-state index is 0.0612. The maximum absolute atomic E-state index is 12.3. The molecule has 0 aliphatic rings. The number of nitrogens with one attached hydrogen (secondary N) is 2. The van der Waals surface area contributed by atoms with Crippen LogP contribution in [-0.2, 0) is 0 Å². The average molecular weight is 434 g/mol. The second-order valence-corrected chi connectivity index (χ2v) is 6.74. The van der Waals surface area contributed by atoms with Crippen molar-refractivity contribution in [2.24, 2.45) is 0 Å². The first-order valence-corrected chi connectivity index (χ1v) is 9.39. The number of anilines is 1. The molecule has 0 bridgehead atoms. The highest BCUT2D eigenvalue weighted by Gasteiger charge is 2.31. The van der Waals surface area contributed by atoms with E-state index in [2.05, 4.69) is 30.7 Å². The number of halogens is 3. The number of nitrogens with zero attached hydrogens (tertiary/aromatic N) is 4. The fourth-order valence-corrected chi connectivity index (χ4v) is 2.78. The Kier molecular flexibility index (Phi) is 6.42. The predicted molar refractivity (Wildman–Crippen MR) is 107 cm³/mol. The molecule has 0 aliphatic heterocycles. The van der Waals surface area contributed by atoms with Crippen LogP contribution in [-0.4, -0.2) is 45.3 Å². The van der Waals surface area contributed by atoms with Gasteiger partial charge in [-0.2, -0.15) is 5.10 Å². The fourth-order valence-electron chi connectivity index (χ4n) is 2.78. The van der Waals surface area contributed by atoms with Gasteiger partial charge in [-0.15, -0.1) is 23.4 Å². The number of aryl methyl sites for hydroxylation is 1. The number of ether oxygens (including phenoxy) is 1. The quantitative estimate of drug-likeness (QED) is 0.554. The Hall–Kier alpha value is -3.63. The van der Waals surface area contributed by atoms with Crippen LogP contribution in [0.3, 0.4) is 0 Å². The highest BCUT2D eigenvalue weighted by molar-refractivity contribution is 5.94. The summed E-state index contributed by atoms with van der Waals surface area (Å²) in [5, 5.41) is 18.3. The summed E-state index contributed by atoms with van der Waals surface area (Å²) >= 11 is 0. The SMILES string of the molecule is Cc1nn(-c2ccc(NCCNC(=O)c3cccc(OC(F)(F)F)c3)nn2)c(C)c1C. The van der Waals surface area contributed by atoms with Crippen molar-refractivity contribution in [3.63, 3.8) is 0 Å². The number of carbonyl (C=O) groups is 1. The van der Waals surface area contributed by atoms with Gasteiger partial charge in [0, 0.05) is 24.3 Å². The van der Waals surface area contributed by atoms with Crippen LogP contribution < -0.4 is 15.4 Å². The van der Waals surface area contributed by atoms with E-state index in [1.54, 1.807) is 16.8 Å². The summed E-state index contributed by atoms with van der Waals surface area (Å²) < 4.78 is 42.4. The number of aromatic nitrogens is 4. The van der Waals surface area contributed by atoms with Crippen molar-refractivity contribution in [2.75, 3.05) is 18.4 Å². The van der Waals surface area contributed by atoms with Gasteiger partial charge in [-0.1, -0.05) is 6.07 Å². The molecule has 0 saturated carbocycles. The van der Waals surface area contributed by atoms with Gasteiger partial charge in [0.05, 0.1) is 5.69 Å². The molecule has 31 heavy (non-hydrogen) atoms. The van der Waals surface area contributed by atoms with Crippen LogP contribution in [0.2, 0.25) is 0 Å². The van der Waals surface area contributed by atoms with Crippen molar-refractivity contribution in [3.05, 3.63) is 58.9 Å². The summed E-state index contributed by atoms with van der Waals surface area (Å²) in [5.74, 6) is 0.132. The molecule has 2 aromatic heterocycles. The first-order valence-electron chi connectivity index (χ1n) is 9.39. The largest absolute Gasteiger partial charge is 0.573 e. The zero-order valence-electron chi connectivity index (χ0n) is 17.1. The molecule has 0 fully saturated rings. The third-order valence-corrected chi connectivity index (χ3v) is 4.57. The molecule has 0 radical (unpaired) electrons. The molecule has 1 amide bonds. The molecule has 3 rings (SSSR count). The van der Waals surface area contributed by atoms with Gasteiger partial charge >= 0.3 is 6.36 Å².